The predicted octanol–water partition coefficient (Wildman–Crippen LogP) is 3.22. The third kappa shape index (κ3) is 3.09. The minimum Gasteiger partial charge on any atom is -0.448 e. The first kappa shape index (κ1) is 15.6. The quantitative estimate of drug-likeness (QED) is 0.612. The Balaban J connectivity index is 2.29. The topological polar surface area (TPSA) is 69.0 Å². The second kappa shape index (κ2) is 6.76. The van der Waals surface area contributed by atoms with Gasteiger partial charge in [-0.2, -0.15) is 5.10 Å². The first-order valence-corrected chi connectivity index (χ1v) is 7.73. The highest BCUT2D eigenvalue weighted by Gasteiger charge is 2.21. The molecule has 110 valence electrons. The van der Waals surface area contributed by atoms with Crippen LogP contribution >= 0.6 is 27.5 Å². The third-order valence-corrected chi connectivity index (χ3v) is 4.35. The molecule has 0 saturated carbocycles. The number of nitrogens with zero attached hydrogens (tertiary/aromatic N) is 2. The number of nitrogens with one attached hydrogen (secondary N) is 1. The number of halogens is 2. The van der Waals surface area contributed by atoms with Gasteiger partial charge >= 0.3 is 0 Å². The van der Waals surface area contributed by atoms with Crippen LogP contribution in [0.5, 0.6) is 0 Å². The molecular formula is C13H18BrClN4O. The molecule has 1 atom stereocenters. The summed E-state index contributed by atoms with van der Waals surface area (Å²) in [4.78, 5) is 0. The molecule has 7 heteroatoms. The van der Waals surface area contributed by atoms with Crippen molar-refractivity contribution in [2.45, 2.75) is 39.3 Å². The average molecular weight is 362 g/mol. The number of hydrazine groups is 1. The minimum atomic E-state index is -0.148. The van der Waals surface area contributed by atoms with E-state index >= 15 is 0 Å². The molecule has 0 spiro atoms. The maximum Gasteiger partial charge on any atom is 0.193 e. The van der Waals surface area contributed by atoms with Crippen molar-refractivity contribution in [2.24, 2.45) is 5.84 Å². The molecule has 2 rings (SSSR count). The zero-order valence-electron chi connectivity index (χ0n) is 11.5. The van der Waals surface area contributed by atoms with E-state index in [-0.39, 0.29) is 6.04 Å². The molecule has 0 bridgehead atoms. The summed E-state index contributed by atoms with van der Waals surface area (Å²) in [5.41, 5.74) is 4.92. The highest BCUT2D eigenvalue weighted by Crippen LogP contribution is 2.28. The van der Waals surface area contributed by atoms with Crippen LogP contribution in [-0.4, -0.2) is 9.78 Å². The van der Waals surface area contributed by atoms with Gasteiger partial charge in [-0.1, -0.05) is 6.92 Å². The van der Waals surface area contributed by atoms with Crippen LogP contribution in [0, 0.1) is 0 Å². The fourth-order valence-electron chi connectivity index (χ4n) is 2.16. The lowest BCUT2D eigenvalue weighted by Crippen LogP contribution is -2.30. The minimum absolute atomic E-state index is 0.148. The van der Waals surface area contributed by atoms with Crippen molar-refractivity contribution in [3.63, 3.8) is 0 Å². The monoisotopic (exact) mass is 360 g/mol. The van der Waals surface area contributed by atoms with Gasteiger partial charge in [-0.05, 0) is 53.0 Å². The van der Waals surface area contributed by atoms with Crippen LogP contribution in [0.4, 0.5) is 0 Å². The van der Waals surface area contributed by atoms with E-state index < -0.39 is 0 Å². The molecule has 2 aromatic heterocycles. The smallest absolute Gasteiger partial charge is 0.193 e. The Labute approximate surface area is 131 Å². The summed E-state index contributed by atoms with van der Waals surface area (Å²) in [7, 11) is 0. The van der Waals surface area contributed by atoms with Gasteiger partial charge in [0.2, 0.25) is 0 Å². The molecule has 5 nitrogen and oxygen atoms in total. The van der Waals surface area contributed by atoms with Crippen molar-refractivity contribution >= 4 is 27.5 Å². The normalized spacial score (nSPS) is 12.8. The van der Waals surface area contributed by atoms with E-state index in [4.69, 9.17) is 21.9 Å². The lowest BCUT2D eigenvalue weighted by Gasteiger charge is -2.14. The van der Waals surface area contributed by atoms with Crippen LogP contribution in [0.15, 0.2) is 21.0 Å². The van der Waals surface area contributed by atoms with Crippen LogP contribution in [0.1, 0.15) is 37.0 Å². The highest BCUT2D eigenvalue weighted by molar-refractivity contribution is 9.10. The number of aromatic nitrogens is 2. The van der Waals surface area contributed by atoms with Gasteiger partial charge in [0.25, 0.3) is 0 Å². The van der Waals surface area contributed by atoms with Gasteiger partial charge in [0, 0.05) is 13.0 Å². The van der Waals surface area contributed by atoms with Gasteiger partial charge in [-0.15, -0.1) is 0 Å². The number of furan rings is 1. The number of hydrogen-bond donors (Lipinski definition) is 2. The van der Waals surface area contributed by atoms with Gasteiger partial charge in [0.1, 0.15) is 5.76 Å². The zero-order valence-corrected chi connectivity index (χ0v) is 13.8. The maximum atomic E-state index is 5.82. The lowest BCUT2D eigenvalue weighted by molar-refractivity contribution is 0.408. The molecule has 0 aliphatic rings. The number of hydrogen-bond acceptors (Lipinski definition) is 4. The number of rotatable bonds is 6. The standard InChI is InChI=1S/C13H18BrClN4O/c1-3-8-13(14)10(19(4-2)18-8)7-9(17-16)11-5-6-12(15)20-11/h5-6,9,17H,3-4,7,16H2,1-2H3. The molecule has 0 fully saturated rings. The Morgan fingerprint density at radius 3 is 2.75 bits per heavy atom. The van der Waals surface area contributed by atoms with Crippen molar-refractivity contribution in [1.82, 2.24) is 15.2 Å². The van der Waals surface area contributed by atoms with Crippen molar-refractivity contribution < 1.29 is 4.42 Å². The Morgan fingerprint density at radius 2 is 2.25 bits per heavy atom. The molecule has 20 heavy (non-hydrogen) atoms. The van der Waals surface area contributed by atoms with Crippen LogP contribution in [-0.2, 0) is 19.4 Å². The molecule has 0 saturated heterocycles. The molecule has 0 radical (unpaired) electrons. The Morgan fingerprint density at radius 1 is 1.50 bits per heavy atom. The fraction of sp³-hybridized carbons (Fsp3) is 0.462. The molecule has 0 aliphatic heterocycles. The summed E-state index contributed by atoms with van der Waals surface area (Å²) in [5, 5.41) is 4.94. The Hall–Kier alpha value is -0.820. The van der Waals surface area contributed by atoms with E-state index in [0.717, 1.165) is 28.8 Å². The van der Waals surface area contributed by atoms with Crippen LogP contribution in [0.2, 0.25) is 5.22 Å². The Bertz CT molecular complexity index is 581. The van der Waals surface area contributed by atoms with Crippen LogP contribution in [0.3, 0.4) is 0 Å². The van der Waals surface area contributed by atoms with E-state index in [1.165, 1.54) is 0 Å². The van der Waals surface area contributed by atoms with Crippen LogP contribution < -0.4 is 11.3 Å². The van der Waals surface area contributed by atoms with Gasteiger partial charge < -0.3 is 4.42 Å². The molecular weight excluding hydrogens is 344 g/mol. The fourth-order valence-corrected chi connectivity index (χ4v) is 3.04. The van der Waals surface area contributed by atoms with E-state index in [2.05, 4.69) is 40.3 Å². The van der Waals surface area contributed by atoms with Crippen molar-refractivity contribution in [2.75, 3.05) is 0 Å². The second-order valence-corrected chi connectivity index (χ2v) is 5.61. The summed E-state index contributed by atoms with van der Waals surface area (Å²) in [5.74, 6) is 6.36. The highest BCUT2D eigenvalue weighted by atomic mass is 79.9. The number of aryl methyl sites for hydroxylation is 2. The third-order valence-electron chi connectivity index (χ3n) is 3.23. The second-order valence-electron chi connectivity index (χ2n) is 4.44. The van der Waals surface area contributed by atoms with Gasteiger partial charge in [-0.3, -0.25) is 10.5 Å². The summed E-state index contributed by atoms with van der Waals surface area (Å²) < 4.78 is 8.46. The Kier molecular flexibility index (Phi) is 5.26. The van der Waals surface area contributed by atoms with Crippen LogP contribution in [0.25, 0.3) is 0 Å². The SMILES string of the molecule is CCc1nn(CC)c(CC(NN)c2ccc(Cl)o2)c1Br. The molecule has 2 heterocycles. The van der Waals surface area contributed by atoms with Gasteiger partial charge in [-0.25, -0.2) is 5.43 Å². The first-order chi connectivity index (χ1) is 9.60. The molecule has 1 unspecified atom stereocenters. The lowest BCUT2D eigenvalue weighted by atomic mass is 10.1. The molecule has 3 N–H and O–H groups in total. The molecule has 0 amide bonds. The largest absolute Gasteiger partial charge is 0.448 e. The van der Waals surface area contributed by atoms with Gasteiger partial charge in [0.05, 0.1) is 21.9 Å². The van der Waals surface area contributed by atoms with Gasteiger partial charge in [0.15, 0.2) is 5.22 Å². The van der Waals surface area contributed by atoms with E-state index in [0.29, 0.717) is 17.4 Å². The summed E-state index contributed by atoms with van der Waals surface area (Å²) in [6.45, 7) is 4.96. The van der Waals surface area contributed by atoms with E-state index in [9.17, 15) is 0 Å². The van der Waals surface area contributed by atoms with Crippen molar-refractivity contribution in [3.8, 4) is 0 Å². The predicted molar refractivity (Wildman–Crippen MR) is 82.5 cm³/mol. The van der Waals surface area contributed by atoms with Crippen molar-refractivity contribution in [3.05, 3.63) is 39.0 Å². The van der Waals surface area contributed by atoms with E-state index in [1.54, 1.807) is 6.07 Å². The number of nitrogens with two attached hydrogens (primary N) is 1. The first-order valence-electron chi connectivity index (χ1n) is 6.56. The zero-order chi connectivity index (χ0) is 14.7. The average Bonchev–Trinajstić information content (AvgIpc) is 3.00. The molecule has 0 aromatic carbocycles. The maximum absolute atomic E-state index is 5.82. The summed E-state index contributed by atoms with van der Waals surface area (Å²) in [6, 6.07) is 3.39. The summed E-state index contributed by atoms with van der Waals surface area (Å²) >= 11 is 9.45. The van der Waals surface area contributed by atoms with E-state index in [1.807, 2.05) is 10.7 Å². The van der Waals surface area contributed by atoms with Crippen molar-refractivity contribution in [1.29, 1.82) is 0 Å². The molecule has 2 aromatic rings. The molecule has 0 aliphatic carbocycles. The summed E-state index contributed by atoms with van der Waals surface area (Å²) in [6.07, 6.45) is 1.55.